The molecule has 2 aromatic carbocycles. The minimum absolute atomic E-state index is 0.700. The average Bonchev–Trinajstić information content (AvgIpc) is 2.68. The Balaban J connectivity index is 2.08. The Kier molecular flexibility index (Phi) is 7.23. The Labute approximate surface area is 181 Å². The zero-order valence-electron chi connectivity index (χ0n) is 18.1. The molecule has 0 fully saturated rings. The van der Waals surface area contributed by atoms with E-state index in [2.05, 4.69) is 0 Å². The number of benzene rings is 2. The van der Waals surface area contributed by atoms with Crippen LogP contribution < -0.4 is 0 Å². The lowest BCUT2D eigenvalue weighted by Gasteiger charge is -2.30. The number of esters is 2. The molecule has 31 heavy (non-hydrogen) atoms. The number of aliphatic hydroxyl groups is 1. The molecular formula is C24H28O7. The van der Waals surface area contributed by atoms with E-state index in [-0.39, 0.29) is 0 Å². The van der Waals surface area contributed by atoms with Gasteiger partial charge >= 0.3 is 17.9 Å². The SMILES string of the molecule is CC(C)(OC(=O)CC(O)(CC(=O)OC(C)(C)c1ccccc1)C(=O)O)c1ccccc1. The molecule has 0 radical (unpaired) electrons. The number of ether oxygens (including phenoxy) is 2. The Morgan fingerprint density at radius 2 is 1.03 bits per heavy atom. The molecule has 2 rings (SSSR count). The number of hydrogen-bond acceptors (Lipinski definition) is 6. The van der Waals surface area contributed by atoms with Crippen LogP contribution in [0.4, 0.5) is 0 Å². The van der Waals surface area contributed by atoms with Crippen molar-refractivity contribution in [2.75, 3.05) is 0 Å². The van der Waals surface area contributed by atoms with Gasteiger partial charge in [-0.05, 0) is 38.8 Å². The van der Waals surface area contributed by atoms with Gasteiger partial charge in [0, 0.05) is 0 Å². The van der Waals surface area contributed by atoms with Crippen LogP contribution >= 0.6 is 0 Å². The molecule has 0 saturated carbocycles. The first-order valence-electron chi connectivity index (χ1n) is 9.86. The summed E-state index contributed by atoms with van der Waals surface area (Å²) in [5.41, 5.74) is -3.35. The standard InChI is InChI=1S/C24H28O7/c1-22(2,17-11-7-5-8-12-17)30-19(25)15-24(29,21(27)28)16-20(26)31-23(3,4)18-13-9-6-10-14-18/h5-14,29H,15-16H2,1-4H3,(H,27,28). The number of carbonyl (C=O) groups is 3. The van der Waals surface area contributed by atoms with E-state index in [9.17, 15) is 24.6 Å². The second-order valence-electron chi connectivity index (χ2n) is 8.39. The summed E-state index contributed by atoms with van der Waals surface area (Å²) in [4.78, 5) is 36.6. The molecule has 166 valence electrons. The van der Waals surface area contributed by atoms with Gasteiger partial charge in [0.2, 0.25) is 0 Å². The fraction of sp³-hybridized carbons (Fsp3) is 0.375. The van der Waals surface area contributed by atoms with Crippen molar-refractivity contribution in [2.24, 2.45) is 0 Å². The fourth-order valence-corrected chi connectivity index (χ4v) is 3.13. The number of carbonyl (C=O) groups excluding carboxylic acids is 2. The quantitative estimate of drug-likeness (QED) is 0.588. The van der Waals surface area contributed by atoms with Crippen molar-refractivity contribution in [3.8, 4) is 0 Å². The van der Waals surface area contributed by atoms with Gasteiger partial charge in [0.25, 0.3) is 0 Å². The topological polar surface area (TPSA) is 110 Å². The molecule has 2 aromatic rings. The summed E-state index contributed by atoms with van der Waals surface area (Å²) in [5, 5.41) is 20.1. The van der Waals surface area contributed by atoms with Crippen molar-refractivity contribution >= 4 is 17.9 Å². The van der Waals surface area contributed by atoms with E-state index >= 15 is 0 Å². The van der Waals surface area contributed by atoms with E-state index < -0.39 is 47.6 Å². The molecule has 7 heteroatoms. The van der Waals surface area contributed by atoms with Crippen LogP contribution in [0.1, 0.15) is 51.7 Å². The van der Waals surface area contributed by atoms with Crippen LogP contribution in [0.25, 0.3) is 0 Å². The van der Waals surface area contributed by atoms with Gasteiger partial charge in [-0.25, -0.2) is 4.79 Å². The molecule has 0 bridgehead atoms. The van der Waals surface area contributed by atoms with E-state index in [1.165, 1.54) is 0 Å². The minimum Gasteiger partial charge on any atom is -0.479 e. The zero-order chi connectivity index (χ0) is 23.3. The third kappa shape index (κ3) is 6.39. The second-order valence-corrected chi connectivity index (χ2v) is 8.39. The van der Waals surface area contributed by atoms with E-state index in [0.29, 0.717) is 11.1 Å². The molecule has 0 spiro atoms. The molecule has 0 aliphatic carbocycles. The van der Waals surface area contributed by atoms with Crippen molar-refractivity contribution in [3.05, 3.63) is 71.8 Å². The number of aliphatic carboxylic acids is 1. The normalized spacial score (nSPS) is 12.2. The summed E-state index contributed by atoms with van der Waals surface area (Å²) >= 11 is 0. The first-order chi connectivity index (χ1) is 14.4. The van der Waals surface area contributed by atoms with Gasteiger partial charge in [-0.2, -0.15) is 0 Å². The Morgan fingerprint density at radius 3 is 1.32 bits per heavy atom. The lowest BCUT2D eigenvalue weighted by molar-refractivity contribution is -0.181. The van der Waals surface area contributed by atoms with Gasteiger partial charge in [-0.3, -0.25) is 9.59 Å². The third-order valence-corrected chi connectivity index (χ3v) is 4.95. The number of carboxylic acid groups (broad SMARTS) is 1. The van der Waals surface area contributed by atoms with Crippen molar-refractivity contribution in [3.63, 3.8) is 0 Å². The molecule has 0 saturated heterocycles. The van der Waals surface area contributed by atoms with Crippen molar-refractivity contribution < 1.29 is 34.1 Å². The first kappa shape index (κ1) is 24.1. The molecule has 7 nitrogen and oxygen atoms in total. The molecule has 2 N–H and O–H groups in total. The molecule has 0 amide bonds. The lowest BCUT2D eigenvalue weighted by atomic mass is 9.94. The minimum atomic E-state index is -2.66. The van der Waals surface area contributed by atoms with Crippen molar-refractivity contribution in [1.29, 1.82) is 0 Å². The highest BCUT2D eigenvalue weighted by Crippen LogP contribution is 2.29. The van der Waals surface area contributed by atoms with Gasteiger partial charge in [-0.15, -0.1) is 0 Å². The molecule has 0 atom stereocenters. The van der Waals surface area contributed by atoms with E-state index in [0.717, 1.165) is 0 Å². The maximum absolute atomic E-state index is 12.4. The molecule has 0 heterocycles. The molecular weight excluding hydrogens is 400 g/mol. The number of rotatable bonds is 9. The Morgan fingerprint density at radius 1 is 0.710 bits per heavy atom. The van der Waals surface area contributed by atoms with Crippen LogP contribution in [-0.4, -0.2) is 33.7 Å². The summed E-state index contributed by atoms with van der Waals surface area (Å²) < 4.78 is 10.8. The van der Waals surface area contributed by atoms with Crippen molar-refractivity contribution in [2.45, 2.75) is 57.3 Å². The average molecular weight is 428 g/mol. The highest BCUT2D eigenvalue weighted by Gasteiger charge is 2.44. The van der Waals surface area contributed by atoms with Crippen molar-refractivity contribution in [1.82, 2.24) is 0 Å². The third-order valence-electron chi connectivity index (χ3n) is 4.95. The summed E-state index contributed by atoms with van der Waals surface area (Å²) in [6.07, 6.45) is -1.81. The maximum atomic E-state index is 12.4. The van der Waals surface area contributed by atoms with Gasteiger partial charge in [0.1, 0.15) is 11.2 Å². The highest BCUT2D eigenvalue weighted by molar-refractivity contribution is 5.89. The van der Waals surface area contributed by atoms with Crippen LogP contribution in [0, 0.1) is 0 Å². The maximum Gasteiger partial charge on any atom is 0.336 e. The predicted molar refractivity (Wildman–Crippen MR) is 113 cm³/mol. The van der Waals surface area contributed by atoms with Crippen LogP contribution in [0.3, 0.4) is 0 Å². The van der Waals surface area contributed by atoms with Gasteiger partial charge in [0.15, 0.2) is 5.60 Å². The molecule has 0 aliphatic heterocycles. The molecule has 0 aliphatic rings. The summed E-state index contributed by atoms with van der Waals surface area (Å²) in [5.74, 6) is -3.61. The van der Waals surface area contributed by atoms with Crippen LogP contribution in [0.5, 0.6) is 0 Å². The first-order valence-corrected chi connectivity index (χ1v) is 9.86. The fourth-order valence-electron chi connectivity index (χ4n) is 3.13. The monoisotopic (exact) mass is 428 g/mol. The highest BCUT2D eigenvalue weighted by atomic mass is 16.6. The predicted octanol–water partition coefficient (Wildman–Crippen LogP) is 3.54. The van der Waals surface area contributed by atoms with E-state index in [1.807, 2.05) is 12.1 Å². The largest absolute Gasteiger partial charge is 0.479 e. The Bertz CT molecular complexity index is 850. The van der Waals surface area contributed by atoms with Gasteiger partial charge < -0.3 is 19.7 Å². The van der Waals surface area contributed by atoms with Gasteiger partial charge in [0.05, 0.1) is 12.8 Å². The van der Waals surface area contributed by atoms with Crippen LogP contribution in [0.15, 0.2) is 60.7 Å². The zero-order valence-corrected chi connectivity index (χ0v) is 18.1. The van der Waals surface area contributed by atoms with Crippen LogP contribution in [0.2, 0.25) is 0 Å². The van der Waals surface area contributed by atoms with Crippen LogP contribution in [-0.2, 0) is 35.1 Å². The smallest absolute Gasteiger partial charge is 0.336 e. The second kappa shape index (κ2) is 9.31. The van der Waals surface area contributed by atoms with Gasteiger partial charge in [-0.1, -0.05) is 60.7 Å². The Hall–Kier alpha value is -3.19. The molecule has 0 unspecified atom stereocenters. The number of hydrogen-bond donors (Lipinski definition) is 2. The molecule has 0 aromatic heterocycles. The summed E-state index contributed by atoms with van der Waals surface area (Å²) in [7, 11) is 0. The number of carboxylic acids is 1. The van der Waals surface area contributed by atoms with E-state index in [1.54, 1.807) is 76.2 Å². The van der Waals surface area contributed by atoms with E-state index in [4.69, 9.17) is 9.47 Å². The lowest BCUT2D eigenvalue weighted by Crippen LogP contribution is -2.45. The summed E-state index contributed by atoms with van der Waals surface area (Å²) in [6, 6.07) is 17.8. The summed E-state index contributed by atoms with van der Waals surface area (Å²) in [6.45, 7) is 6.60.